The van der Waals surface area contributed by atoms with E-state index >= 15 is 0 Å². The van der Waals surface area contributed by atoms with Crippen molar-refractivity contribution in [1.29, 1.82) is 0 Å². The molecule has 1 aromatic rings. The average Bonchev–Trinajstić information content (AvgIpc) is 2.52. The number of hydrogen-bond donors (Lipinski definition) is 1. The number of hydrogen-bond acceptors (Lipinski definition) is 2. The molecule has 0 radical (unpaired) electrons. The molecule has 0 saturated heterocycles. The lowest BCUT2D eigenvalue weighted by Crippen LogP contribution is -2.07. The van der Waals surface area contributed by atoms with Crippen LogP contribution < -0.4 is 4.74 Å². The van der Waals surface area contributed by atoms with E-state index < -0.39 is 0 Å². The number of unbranched alkanes of at least 4 members (excludes halogenated alkanes) is 1. The summed E-state index contributed by atoms with van der Waals surface area (Å²) in [6.45, 7) is 2.69. The van der Waals surface area contributed by atoms with Gasteiger partial charge in [0.25, 0.3) is 0 Å². The third-order valence-corrected chi connectivity index (χ3v) is 4.31. The standard InChI is InChI=1S/C18H28O2/c1-2-3-7-17-14-16(15-8-5-4-6-9-15)10-11-18(17)20-13-12-19/h10-11,14-15,19H,2-9,12-13H2,1H3. The van der Waals surface area contributed by atoms with Crippen LogP contribution in [0.1, 0.15) is 68.9 Å². The first-order valence-corrected chi connectivity index (χ1v) is 8.21. The van der Waals surface area contributed by atoms with Gasteiger partial charge in [0.05, 0.1) is 6.61 Å². The van der Waals surface area contributed by atoms with Gasteiger partial charge >= 0.3 is 0 Å². The van der Waals surface area contributed by atoms with E-state index in [9.17, 15) is 0 Å². The Bertz CT molecular complexity index is 394. The zero-order valence-electron chi connectivity index (χ0n) is 12.7. The predicted molar refractivity (Wildman–Crippen MR) is 83.5 cm³/mol. The molecular weight excluding hydrogens is 248 g/mol. The van der Waals surface area contributed by atoms with E-state index in [4.69, 9.17) is 9.84 Å². The molecule has 2 rings (SSSR count). The van der Waals surface area contributed by atoms with E-state index in [0.717, 1.165) is 18.1 Å². The van der Waals surface area contributed by atoms with Crippen LogP contribution >= 0.6 is 0 Å². The molecule has 1 aliphatic rings. The van der Waals surface area contributed by atoms with Crippen LogP contribution in [0.15, 0.2) is 18.2 Å². The van der Waals surface area contributed by atoms with Gasteiger partial charge in [0.2, 0.25) is 0 Å². The third kappa shape index (κ3) is 4.24. The van der Waals surface area contributed by atoms with Crippen LogP contribution in [-0.4, -0.2) is 18.3 Å². The van der Waals surface area contributed by atoms with Crippen LogP contribution in [0, 0.1) is 0 Å². The molecule has 0 amide bonds. The highest BCUT2D eigenvalue weighted by Crippen LogP contribution is 2.35. The summed E-state index contributed by atoms with van der Waals surface area (Å²) >= 11 is 0. The van der Waals surface area contributed by atoms with Gasteiger partial charge in [-0.1, -0.05) is 44.7 Å². The number of aryl methyl sites for hydroxylation is 1. The molecule has 1 N–H and O–H groups in total. The summed E-state index contributed by atoms with van der Waals surface area (Å²) in [5.41, 5.74) is 2.82. The van der Waals surface area contributed by atoms with Crippen molar-refractivity contribution in [2.24, 2.45) is 0 Å². The van der Waals surface area contributed by atoms with Crippen molar-refractivity contribution in [3.63, 3.8) is 0 Å². The molecule has 1 aromatic carbocycles. The zero-order chi connectivity index (χ0) is 14.2. The minimum absolute atomic E-state index is 0.0809. The van der Waals surface area contributed by atoms with Gasteiger partial charge < -0.3 is 9.84 Å². The summed E-state index contributed by atoms with van der Waals surface area (Å²) in [4.78, 5) is 0. The lowest BCUT2D eigenvalue weighted by molar-refractivity contribution is 0.200. The molecule has 2 nitrogen and oxygen atoms in total. The van der Waals surface area contributed by atoms with Gasteiger partial charge in [-0.3, -0.25) is 0 Å². The summed E-state index contributed by atoms with van der Waals surface area (Å²) in [5.74, 6) is 1.71. The molecule has 0 heterocycles. The number of ether oxygens (including phenoxy) is 1. The maximum Gasteiger partial charge on any atom is 0.122 e. The first kappa shape index (κ1) is 15.4. The van der Waals surface area contributed by atoms with E-state index in [1.165, 1.54) is 56.1 Å². The summed E-state index contributed by atoms with van der Waals surface area (Å²) in [6, 6.07) is 6.71. The van der Waals surface area contributed by atoms with Gasteiger partial charge in [-0.25, -0.2) is 0 Å². The van der Waals surface area contributed by atoms with E-state index in [0.29, 0.717) is 6.61 Å². The summed E-state index contributed by atoms with van der Waals surface area (Å²) < 4.78 is 5.68. The van der Waals surface area contributed by atoms with Crippen molar-refractivity contribution in [3.8, 4) is 5.75 Å². The van der Waals surface area contributed by atoms with Crippen molar-refractivity contribution >= 4 is 0 Å². The largest absolute Gasteiger partial charge is 0.491 e. The molecule has 0 aromatic heterocycles. The Morgan fingerprint density at radius 2 is 2.00 bits per heavy atom. The average molecular weight is 276 g/mol. The van der Waals surface area contributed by atoms with Crippen molar-refractivity contribution in [2.45, 2.75) is 64.2 Å². The second kappa shape index (κ2) is 8.31. The minimum atomic E-state index is 0.0809. The summed E-state index contributed by atoms with van der Waals surface area (Å²) in [5, 5.41) is 8.93. The molecular formula is C18H28O2. The Hall–Kier alpha value is -1.02. The van der Waals surface area contributed by atoms with Gasteiger partial charge in [-0.05, 0) is 48.8 Å². The zero-order valence-corrected chi connectivity index (χ0v) is 12.7. The van der Waals surface area contributed by atoms with Gasteiger partial charge in [0, 0.05) is 0 Å². The van der Waals surface area contributed by atoms with Crippen molar-refractivity contribution in [2.75, 3.05) is 13.2 Å². The fourth-order valence-electron chi connectivity index (χ4n) is 3.15. The fourth-order valence-corrected chi connectivity index (χ4v) is 3.15. The van der Waals surface area contributed by atoms with Crippen molar-refractivity contribution in [1.82, 2.24) is 0 Å². The Kier molecular flexibility index (Phi) is 6.38. The van der Waals surface area contributed by atoms with Crippen LogP contribution in [0.5, 0.6) is 5.75 Å². The van der Waals surface area contributed by atoms with E-state index in [-0.39, 0.29) is 6.61 Å². The number of rotatable bonds is 7. The van der Waals surface area contributed by atoms with Crippen LogP contribution in [-0.2, 0) is 6.42 Å². The maximum absolute atomic E-state index is 8.93. The Labute approximate surface area is 123 Å². The lowest BCUT2D eigenvalue weighted by Gasteiger charge is -2.23. The topological polar surface area (TPSA) is 29.5 Å². The highest BCUT2D eigenvalue weighted by Gasteiger charge is 2.17. The third-order valence-electron chi connectivity index (χ3n) is 4.31. The summed E-state index contributed by atoms with van der Waals surface area (Å²) in [7, 11) is 0. The Morgan fingerprint density at radius 3 is 2.70 bits per heavy atom. The molecule has 2 heteroatoms. The summed E-state index contributed by atoms with van der Waals surface area (Å²) in [6.07, 6.45) is 10.3. The van der Waals surface area contributed by atoms with Gasteiger partial charge in [0.15, 0.2) is 0 Å². The Balaban J connectivity index is 2.13. The van der Waals surface area contributed by atoms with Gasteiger partial charge in [0.1, 0.15) is 12.4 Å². The molecule has 112 valence electrons. The van der Waals surface area contributed by atoms with Gasteiger partial charge in [-0.2, -0.15) is 0 Å². The molecule has 0 bridgehead atoms. The normalized spacial score (nSPS) is 16.3. The highest BCUT2D eigenvalue weighted by atomic mass is 16.5. The van der Waals surface area contributed by atoms with Crippen molar-refractivity contribution < 1.29 is 9.84 Å². The molecule has 1 aliphatic carbocycles. The highest BCUT2D eigenvalue weighted by molar-refractivity contribution is 5.39. The molecule has 1 fully saturated rings. The fraction of sp³-hybridized carbons (Fsp3) is 0.667. The Morgan fingerprint density at radius 1 is 1.20 bits per heavy atom. The molecule has 0 atom stereocenters. The number of benzene rings is 1. The van der Waals surface area contributed by atoms with Crippen LogP contribution in [0.2, 0.25) is 0 Å². The molecule has 0 aliphatic heterocycles. The number of aliphatic hydroxyl groups is 1. The monoisotopic (exact) mass is 276 g/mol. The molecule has 1 saturated carbocycles. The van der Waals surface area contributed by atoms with Crippen LogP contribution in [0.4, 0.5) is 0 Å². The maximum atomic E-state index is 8.93. The van der Waals surface area contributed by atoms with Gasteiger partial charge in [-0.15, -0.1) is 0 Å². The lowest BCUT2D eigenvalue weighted by atomic mass is 9.83. The van der Waals surface area contributed by atoms with E-state index in [1.54, 1.807) is 0 Å². The van der Waals surface area contributed by atoms with E-state index in [1.807, 2.05) is 0 Å². The second-order valence-corrected chi connectivity index (χ2v) is 5.88. The van der Waals surface area contributed by atoms with Crippen molar-refractivity contribution in [3.05, 3.63) is 29.3 Å². The predicted octanol–water partition coefficient (Wildman–Crippen LogP) is 4.45. The SMILES string of the molecule is CCCCc1cc(C2CCCCC2)ccc1OCCO. The first-order valence-electron chi connectivity index (χ1n) is 8.21. The minimum Gasteiger partial charge on any atom is -0.491 e. The second-order valence-electron chi connectivity index (χ2n) is 5.88. The quantitative estimate of drug-likeness (QED) is 0.797. The molecule has 0 unspecified atom stereocenters. The van der Waals surface area contributed by atoms with Crippen LogP contribution in [0.25, 0.3) is 0 Å². The molecule has 20 heavy (non-hydrogen) atoms. The molecule has 0 spiro atoms. The van der Waals surface area contributed by atoms with Crippen LogP contribution in [0.3, 0.4) is 0 Å². The smallest absolute Gasteiger partial charge is 0.122 e. The van der Waals surface area contributed by atoms with E-state index in [2.05, 4.69) is 25.1 Å². The first-order chi connectivity index (χ1) is 9.85. The number of aliphatic hydroxyl groups excluding tert-OH is 1.